The Balaban J connectivity index is 1.55. The van der Waals surface area contributed by atoms with Gasteiger partial charge in [0, 0.05) is 12.8 Å². The highest BCUT2D eigenvalue weighted by molar-refractivity contribution is 5.88. The molecular weight excluding hydrogens is 286 g/mol. The van der Waals surface area contributed by atoms with Gasteiger partial charge in [0.2, 0.25) is 5.91 Å². The Morgan fingerprint density at radius 1 is 1.18 bits per heavy atom. The summed E-state index contributed by atoms with van der Waals surface area (Å²) in [6.07, 6.45) is 1.42. The number of ether oxygens (including phenoxy) is 2. The minimum atomic E-state index is -0.544. The molecule has 1 amide bonds. The highest BCUT2D eigenvalue weighted by Crippen LogP contribution is 2.08. The first kappa shape index (κ1) is 16.0. The first-order chi connectivity index (χ1) is 10.6. The molecule has 2 rings (SSSR count). The zero-order valence-corrected chi connectivity index (χ0v) is 12.2. The van der Waals surface area contributed by atoms with Crippen molar-refractivity contribution in [3.8, 4) is 0 Å². The second-order valence-corrected chi connectivity index (χ2v) is 5.08. The van der Waals surface area contributed by atoms with Crippen LogP contribution in [0, 0.1) is 0 Å². The van der Waals surface area contributed by atoms with Gasteiger partial charge in [-0.05, 0) is 18.4 Å². The third kappa shape index (κ3) is 5.20. The van der Waals surface area contributed by atoms with Crippen molar-refractivity contribution in [1.82, 2.24) is 5.32 Å². The third-order valence-corrected chi connectivity index (χ3v) is 3.29. The molecule has 0 bridgehead atoms. The average Bonchev–Trinajstić information content (AvgIpc) is 2.97. The molecule has 1 aliphatic heterocycles. The lowest BCUT2D eigenvalue weighted by Gasteiger charge is -2.10. The molecule has 0 unspecified atom stereocenters. The molecule has 1 heterocycles. The van der Waals surface area contributed by atoms with E-state index in [-0.39, 0.29) is 31.5 Å². The van der Waals surface area contributed by atoms with Gasteiger partial charge >= 0.3 is 11.9 Å². The van der Waals surface area contributed by atoms with Crippen LogP contribution in [0.1, 0.15) is 31.2 Å². The van der Waals surface area contributed by atoms with Gasteiger partial charge in [-0.1, -0.05) is 30.3 Å². The van der Waals surface area contributed by atoms with Crippen LogP contribution in [-0.2, 0) is 30.5 Å². The topological polar surface area (TPSA) is 81.7 Å². The lowest BCUT2D eigenvalue weighted by Crippen LogP contribution is -2.34. The molecule has 22 heavy (non-hydrogen) atoms. The molecule has 1 fully saturated rings. The van der Waals surface area contributed by atoms with Gasteiger partial charge in [-0.3, -0.25) is 9.59 Å². The summed E-state index contributed by atoms with van der Waals surface area (Å²) in [6.45, 7) is 0.388. The van der Waals surface area contributed by atoms with E-state index < -0.39 is 12.0 Å². The average molecular weight is 305 g/mol. The van der Waals surface area contributed by atoms with Gasteiger partial charge in [-0.15, -0.1) is 0 Å². The van der Waals surface area contributed by atoms with Crippen LogP contribution in [0.3, 0.4) is 0 Å². The molecule has 6 nitrogen and oxygen atoms in total. The zero-order valence-electron chi connectivity index (χ0n) is 12.2. The van der Waals surface area contributed by atoms with Crippen molar-refractivity contribution in [3.63, 3.8) is 0 Å². The predicted octanol–water partition coefficient (Wildman–Crippen LogP) is 1.33. The molecule has 0 radical (unpaired) electrons. The van der Waals surface area contributed by atoms with E-state index in [0.29, 0.717) is 19.3 Å². The van der Waals surface area contributed by atoms with E-state index in [1.54, 1.807) is 0 Å². The van der Waals surface area contributed by atoms with E-state index in [0.717, 1.165) is 5.56 Å². The van der Waals surface area contributed by atoms with Crippen LogP contribution in [-0.4, -0.2) is 30.5 Å². The fraction of sp³-hybridized carbons (Fsp3) is 0.438. The number of nitrogens with one attached hydrogen (secondary N) is 1. The maximum atomic E-state index is 11.6. The van der Waals surface area contributed by atoms with Crippen molar-refractivity contribution < 1.29 is 23.9 Å². The Bertz CT molecular complexity index is 529. The number of amides is 1. The van der Waals surface area contributed by atoms with Crippen LogP contribution in [0.25, 0.3) is 0 Å². The van der Waals surface area contributed by atoms with Crippen LogP contribution >= 0.6 is 0 Å². The number of carbonyl (C=O) groups is 3. The van der Waals surface area contributed by atoms with Crippen molar-refractivity contribution in [1.29, 1.82) is 0 Å². The Kier molecular flexibility index (Phi) is 5.94. The summed E-state index contributed by atoms with van der Waals surface area (Å²) in [4.78, 5) is 34.1. The molecule has 1 atom stereocenters. The molecule has 0 aromatic heterocycles. The molecule has 6 heteroatoms. The SMILES string of the molecule is O=C1CC[C@@H](C(=O)OCCCC(=O)OCc2ccccc2)N1. The van der Waals surface area contributed by atoms with Crippen LogP contribution in [0.5, 0.6) is 0 Å². The normalized spacial score (nSPS) is 16.9. The fourth-order valence-electron chi connectivity index (χ4n) is 2.09. The molecule has 1 N–H and O–H groups in total. The highest BCUT2D eigenvalue weighted by atomic mass is 16.5. The Labute approximate surface area is 128 Å². The molecule has 0 aliphatic carbocycles. The van der Waals surface area contributed by atoms with Crippen LogP contribution in [0.15, 0.2) is 30.3 Å². The maximum absolute atomic E-state index is 11.6. The van der Waals surface area contributed by atoms with Crippen molar-refractivity contribution in [2.45, 2.75) is 38.3 Å². The van der Waals surface area contributed by atoms with Crippen LogP contribution in [0.4, 0.5) is 0 Å². The lowest BCUT2D eigenvalue weighted by molar-refractivity contribution is -0.149. The van der Waals surface area contributed by atoms with E-state index in [4.69, 9.17) is 9.47 Å². The van der Waals surface area contributed by atoms with E-state index in [1.807, 2.05) is 30.3 Å². The summed E-state index contributed by atoms with van der Waals surface area (Å²) in [5.74, 6) is -0.899. The second-order valence-electron chi connectivity index (χ2n) is 5.08. The molecule has 0 saturated carbocycles. The smallest absolute Gasteiger partial charge is 0.328 e. The minimum absolute atomic E-state index is 0.133. The molecule has 1 saturated heterocycles. The summed E-state index contributed by atoms with van der Waals surface area (Å²) >= 11 is 0. The monoisotopic (exact) mass is 305 g/mol. The standard InChI is InChI=1S/C16H19NO5/c18-14-9-8-13(17-14)16(20)21-10-4-7-15(19)22-11-12-5-2-1-3-6-12/h1-3,5-6,13H,4,7-11H2,(H,17,18)/t13-/m0/s1. The summed E-state index contributed by atoms with van der Waals surface area (Å²) in [5.41, 5.74) is 0.930. The third-order valence-electron chi connectivity index (χ3n) is 3.29. The fourth-order valence-corrected chi connectivity index (χ4v) is 2.09. The van der Waals surface area contributed by atoms with Crippen LogP contribution in [0.2, 0.25) is 0 Å². The van der Waals surface area contributed by atoms with Gasteiger partial charge in [0.25, 0.3) is 0 Å². The van der Waals surface area contributed by atoms with Crippen molar-refractivity contribution in [2.24, 2.45) is 0 Å². The number of hydrogen-bond donors (Lipinski definition) is 1. The number of benzene rings is 1. The predicted molar refractivity (Wildman–Crippen MR) is 77.6 cm³/mol. The zero-order chi connectivity index (χ0) is 15.8. The number of esters is 2. The first-order valence-electron chi connectivity index (χ1n) is 7.30. The van der Waals surface area contributed by atoms with E-state index in [9.17, 15) is 14.4 Å². The van der Waals surface area contributed by atoms with Crippen molar-refractivity contribution >= 4 is 17.8 Å². The lowest BCUT2D eigenvalue weighted by atomic mass is 10.2. The highest BCUT2D eigenvalue weighted by Gasteiger charge is 2.28. The van der Waals surface area contributed by atoms with Crippen molar-refractivity contribution in [2.75, 3.05) is 6.61 Å². The van der Waals surface area contributed by atoms with Gasteiger partial charge in [0.05, 0.1) is 6.61 Å². The van der Waals surface area contributed by atoms with Gasteiger partial charge in [0.1, 0.15) is 12.6 Å². The van der Waals surface area contributed by atoms with Crippen LogP contribution < -0.4 is 5.32 Å². The minimum Gasteiger partial charge on any atom is -0.464 e. The molecule has 0 spiro atoms. The Morgan fingerprint density at radius 3 is 2.64 bits per heavy atom. The molecular formula is C16H19NO5. The first-order valence-corrected chi connectivity index (χ1v) is 7.30. The van der Waals surface area contributed by atoms with Gasteiger partial charge in [0.15, 0.2) is 0 Å². The molecule has 1 aromatic carbocycles. The summed E-state index contributed by atoms with van der Waals surface area (Å²) in [7, 11) is 0. The Morgan fingerprint density at radius 2 is 1.95 bits per heavy atom. The summed E-state index contributed by atoms with van der Waals surface area (Å²) in [5, 5.41) is 2.54. The van der Waals surface area contributed by atoms with E-state index >= 15 is 0 Å². The molecule has 1 aliphatic rings. The van der Waals surface area contributed by atoms with Gasteiger partial charge in [-0.25, -0.2) is 4.79 Å². The number of hydrogen-bond acceptors (Lipinski definition) is 5. The summed E-state index contributed by atoms with van der Waals surface area (Å²) in [6, 6.07) is 8.87. The number of rotatable bonds is 7. The van der Waals surface area contributed by atoms with E-state index in [1.165, 1.54) is 0 Å². The quantitative estimate of drug-likeness (QED) is 0.607. The van der Waals surface area contributed by atoms with E-state index in [2.05, 4.69) is 5.32 Å². The van der Waals surface area contributed by atoms with Gasteiger partial charge < -0.3 is 14.8 Å². The summed E-state index contributed by atoms with van der Waals surface area (Å²) < 4.78 is 10.1. The maximum Gasteiger partial charge on any atom is 0.328 e. The Hall–Kier alpha value is -2.37. The largest absolute Gasteiger partial charge is 0.464 e. The van der Waals surface area contributed by atoms with Crippen molar-refractivity contribution in [3.05, 3.63) is 35.9 Å². The number of carbonyl (C=O) groups excluding carboxylic acids is 3. The second kappa shape index (κ2) is 8.17. The molecule has 118 valence electrons. The van der Waals surface area contributed by atoms with Gasteiger partial charge in [-0.2, -0.15) is 0 Å². The molecule has 1 aromatic rings.